The van der Waals surface area contributed by atoms with Gasteiger partial charge in [-0.05, 0) is 80.6 Å². The minimum atomic E-state index is -0.120. The Morgan fingerprint density at radius 3 is 2.59 bits per heavy atom. The van der Waals surface area contributed by atoms with E-state index in [0.717, 1.165) is 51.0 Å². The number of hydrogen-bond donors (Lipinski definition) is 1. The predicted molar refractivity (Wildman–Crippen MR) is 108 cm³/mol. The molecule has 7 atom stereocenters. The number of carbonyl (C=O) groups is 2. The Bertz CT molecular complexity index is 601. The molecule has 4 saturated carbocycles. The summed E-state index contributed by atoms with van der Waals surface area (Å²) < 4.78 is 0. The molecule has 3 nitrogen and oxygen atoms in total. The summed E-state index contributed by atoms with van der Waals surface area (Å²) >= 11 is 0. The fourth-order valence-electron chi connectivity index (χ4n) is 7.91. The van der Waals surface area contributed by atoms with E-state index < -0.39 is 0 Å². The molecule has 4 aliphatic carbocycles. The average molecular weight is 374 g/mol. The standard InChI is InChI=1S/C24H39NO2/c1-23-11-9-16(6-4-3-5-13-25)14-20(23)21(26)15-17-18-7-8-22(27)24(18,2)12-10-19(17)23/h16-20H,3-15,25H2,1-2H3/t16?,17-,18-,19-,20+,23+,24-/m0/s1. The number of fused-ring (bicyclic) bond motifs is 5. The summed E-state index contributed by atoms with van der Waals surface area (Å²) in [4.78, 5) is 25.8. The lowest BCUT2D eigenvalue weighted by Crippen LogP contribution is -2.56. The molecule has 0 aromatic carbocycles. The highest BCUT2D eigenvalue weighted by molar-refractivity contribution is 5.88. The van der Waals surface area contributed by atoms with Gasteiger partial charge in [0.2, 0.25) is 0 Å². The molecule has 27 heavy (non-hydrogen) atoms. The molecule has 0 saturated heterocycles. The summed E-state index contributed by atoms with van der Waals surface area (Å²) in [6.07, 6.45) is 13.4. The van der Waals surface area contributed by atoms with Crippen LogP contribution in [0.1, 0.15) is 90.9 Å². The van der Waals surface area contributed by atoms with Crippen molar-refractivity contribution in [3.8, 4) is 0 Å². The Labute approximate surface area is 165 Å². The van der Waals surface area contributed by atoms with Crippen molar-refractivity contribution in [2.24, 2.45) is 46.2 Å². The number of hydrogen-bond acceptors (Lipinski definition) is 3. The normalized spacial score (nSPS) is 46.7. The lowest BCUT2D eigenvalue weighted by atomic mass is 9.44. The fourth-order valence-corrected chi connectivity index (χ4v) is 7.91. The number of ketones is 2. The largest absolute Gasteiger partial charge is 0.330 e. The van der Waals surface area contributed by atoms with Gasteiger partial charge in [0.1, 0.15) is 11.6 Å². The van der Waals surface area contributed by atoms with Gasteiger partial charge in [-0.2, -0.15) is 0 Å². The first kappa shape index (κ1) is 19.6. The van der Waals surface area contributed by atoms with Gasteiger partial charge in [0.15, 0.2) is 0 Å². The molecular weight excluding hydrogens is 334 g/mol. The molecule has 2 N–H and O–H groups in total. The molecule has 152 valence electrons. The summed E-state index contributed by atoms with van der Waals surface area (Å²) in [5.41, 5.74) is 5.70. The summed E-state index contributed by atoms with van der Waals surface area (Å²) in [7, 11) is 0. The molecule has 0 heterocycles. The van der Waals surface area contributed by atoms with Gasteiger partial charge in [-0.3, -0.25) is 9.59 Å². The van der Waals surface area contributed by atoms with Gasteiger partial charge in [-0.25, -0.2) is 0 Å². The number of unbranched alkanes of at least 4 members (excludes halogenated alkanes) is 2. The van der Waals surface area contributed by atoms with Crippen molar-refractivity contribution in [1.82, 2.24) is 0 Å². The molecule has 1 unspecified atom stereocenters. The number of Topliss-reactive ketones (excluding diaryl/α,β-unsaturated/α-hetero) is 2. The second-order valence-electron chi connectivity index (χ2n) is 10.8. The van der Waals surface area contributed by atoms with E-state index in [1.807, 2.05) is 0 Å². The first-order chi connectivity index (χ1) is 12.9. The van der Waals surface area contributed by atoms with Crippen molar-refractivity contribution in [1.29, 1.82) is 0 Å². The van der Waals surface area contributed by atoms with E-state index in [1.165, 1.54) is 38.5 Å². The van der Waals surface area contributed by atoms with Crippen molar-refractivity contribution in [2.75, 3.05) is 6.54 Å². The molecule has 0 bridgehead atoms. The molecule has 0 amide bonds. The van der Waals surface area contributed by atoms with Gasteiger partial charge in [-0.15, -0.1) is 0 Å². The average Bonchev–Trinajstić information content (AvgIpc) is 2.95. The van der Waals surface area contributed by atoms with E-state index in [9.17, 15) is 9.59 Å². The molecular formula is C24H39NO2. The summed E-state index contributed by atoms with van der Waals surface area (Å²) in [6.45, 7) is 5.45. The van der Waals surface area contributed by atoms with Crippen molar-refractivity contribution < 1.29 is 9.59 Å². The fraction of sp³-hybridized carbons (Fsp3) is 0.917. The third-order valence-corrected chi connectivity index (χ3v) is 9.59. The predicted octanol–water partition coefficient (Wildman–Crippen LogP) is 4.91. The van der Waals surface area contributed by atoms with E-state index in [-0.39, 0.29) is 16.7 Å². The third kappa shape index (κ3) is 3.12. The third-order valence-electron chi connectivity index (χ3n) is 9.59. The first-order valence-electron chi connectivity index (χ1n) is 11.7. The molecule has 0 aromatic rings. The molecule has 4 rings (SSSR count). The molecule has 4 aliphatic rings. The zero-order chi connectivity index (χ0) is 19.2. The topological polar surface area (TPSA) is 60.2 Å². The van der Waals surface area contributed by atoms with Gasteiger partial charge in [-0.1, -0.05) is 33.1 Å². The highest BCUT2D eigenvalue weighted by Gasteiger charge is 2.62. The van der Waals surface area contributed by atoms with Crippen LogP contribution in [0.15, 0.2) is 0 Å². The Morgan fingerprint density at radius 1 is 1.00 bits per heavy atom. The van der Waals surface area contributed by atoms with Crippen LogP contribution < -0.4 is 5.73 Å². The second-order valence-corrected chi connectivity index (χ2v) is 10.8. The van der Waals surface area contributed by atoms with E-state index in [1.54, 1.807) is 0 Å². The van der Waals surface area contributed by atoms with Crippen molar-refractivity contribution in [2.45, 2.75) is 90.9 Å². The van der Waals surface area contributed by atoms with Crippen LogP contribution in [0.4, 0.5) is 0 Å². The zero-order valence-electron chi connectivity index (χ0n) is 17.5. The van der Waals surface area contributed by atoms with Crippen LogP contribution in [0.2, 0.25) is 0 Å². The Kier molecular flexibility index (Phi) is 5.29. The van der Waals surface area contributed by atoms with Crippen molar-refractivity contribution in [3.05, 3.63) is 0 Å². The minimum Gasteiger partial charge on any atom is -0.330 e. The maximum absolute atomic E-state index is 13.3. The monoisotopic (exact) mass is 373 g/mol. The second kappa shape index (κ2) is 7.28. The smallest absolute Gasteiger partial charge is 0.139 e. The maximum atomic E-state index is 13.3. The molecule has 0 spiro atoms. The number of rotatable bonds is 5. The van der Waals surface area contributed by atoms with Crippen LogP contribution in [0.5, 0.6) is 0 Å². The van der Waals surface area contributed by atoms with Crippen molar-refractivity contribution in [3.63, 3.8) is 0 Å². The Morgan fingerprint density at radius 2 is 1.81 bits per heavy atom. The van der Waals surface area contributed by atoms with Crippen molar-refractivity contribution >= 4 is 11.6 Å². The Balaban J connectivity index is 1.48. The van der Waals surface area contributed by atoms with Gasteiger partial charge in [0.05, 0.1) is 0 Å². The summed E-state index contributed by atoms with van der Waals surface area (Å²) in [5, 5.41) is 0. The van der Waals surface area contributed by atoms with E-state index in [2.05, 4.69) is 13.8 Å². The SMILES string of the molecule is C[C@]12CCC(CCCCCN)C[C@@H]1C(=O)C[C@@H]1[C@@H]2CC[C@]2(C)C(=O)CC[C@@H]12. The van der Waals surface area contributed by atoms with Gasteiger partial charge < -0.3 is 5.73 Å². The van der Waals surface area contributed by atoms with Gasteiger partial charge >= 0.3 is 0 Å². The lowest BCUT2D eigenvalue weighted by molar-refractivity contribution is -0.158. The highest BCUT2D eigenvalue weighted by Crippen LogP contribution is 2.65. The van der Waals surface area contributed by atoms with Crippen LogP contribution in [0.3, 0.4) is 0 Å². The van der Waals surface area contributed by atoms with Crippen LogP contribution >= 0.6 is 0 Å². The zero-order valence-corrected chi connectivity index (χ0v) is 17.5. The van der Waals surface area contributed by atoms with E-state index in [4.69, 9.17) is 5.73 Å². The molecule has 3 heteroatoms. The van der Waals surface area contributed by atoms with Gasteiger partial charge in [0.25, 0.3) is 0 Å². The quantitative estimate of drug-likeness (QED) is 0.696. The molecule has 0 radical (unpaired) electrons. The number of carbonyl (C=O) groups excluding carboxylic acids is 2. The first-order valence-corrected chi connectivity index (χ1v) is 11.7. The lowest BCUT2D eigenvalue weighted by Gasteiger charge is -2.59. The molecule has 4 fully saturated rings. The van der Waals surface area contributed by atoms with Gasteiger partial charge in [0, 0.05) is 24.2 Å². The van der Waals surface area contributed by atoms with E-state index >= 15 is 0 Å². The summed E-state index contributed by atoms with van der Waals surface area (Å²) in [5.74, 6) is 3.66. The van der Waals surface area contributed by atoms with Crippen LogP contribution in [0, 0.1) is 40.4 Å². The summed E-state index contributed by atoms with van der Waals surface area (Å²) in [6, 6.07) is 0. The van der Waals surface area contributed by atoms with Crippen LogP contribution in [0.25, 0.3) is 0 Å². The number of nitrogens with two attached hydrogens (primary N) is 1. The highest BCUT2D eigenvalue weighted by atomic mass is 16.1. The molecule has 0 aliphatic heterocycles. The van der Waals surface area contributed by atoms with Crippen LogP contribution in [-0.2, 0) is 9.59 Å². The Hall–Kier alpha value is -0.700. The van der Waals surface area contributed by atoms with Crippen LogP contribution in [-0.4, -0.2) is 18.1 Å². The van der Waals surface area contributed by atoms with E-state index in [0.29, 0.717) is 29.3 Å². The maximum Gasteiger partial charge on any atom is 0.139 e. The molecule has 0 aromatic heterocycles. The minimum absolute atomic E-state index is 0.120.